The third-order valence-corrected chi connectivity index (χ3v) is 5.93. The largest absolute Gasteiger partial charge is 0.339 e. The summed E-state index contributed by atoms with van der Waals surface area (Å²) in [7, 11) is 0. The summed E-state index contributed by atoms with van der Waals surface area (Å²) >= 11 is 1.74. The molecule has 25 heavy (non-hydrogen) atoms. The van der Waals surface area contributed by atoms with Crippen LogP contribution in [0.3, 0.4) is 0 Å². The second-order valence-electron chi connectivity index (χ2n) is 6.83. The fourth-order valence-electron chi connectivity index (χ4n) is 3.51. The van der Waals surface area contributed by atoms with Crippen LogP contribution < -0.4 is 4.90 Å². The predicted octanol–water partition coefficient (Wildman–Crippen LogP) is 3.33. The maximum Gasteiger partial charge on any atom is 0.228 e. The van der Waals surface area contributed by atoms with Gasteiger partial charge in [-0.05, 0) is 42.8 Å². The van der Waals surface area contributed by atoms with Crippen molar-refractivity contribution in [3.05, 3.63) is 52.7 Å². The highest BCUT2D eigenvalue weighted by Crippen LogP contribution is 2.32. The van der Waals surface area contributed by atoms with Gasteiger partial charge >= 0.3 is 0 Å². The molecule has 2 aromatic rings. The number of carbonyl (C=O) groups is 2. The lowest BCUT2D eigenvalue weighted by Gasteiger charge is -2.25. The zero-order valence-corrected chi connectivity index (χ0v) is 15.0. The summed E-state index contributed by atoms with van der Waals surface area (Å²) < 4.78 is 0. The molecule has 5 heteroatoms. The van der Waals surface area contributed by atoms with E-state index in [1.54, 1.807) is 16.2 Å². The molecule has 1 aromatic carbocycles. The number of amides is 2. The third-order valence-electron chi connectivity index (χ3n) is 4.99. The van der Waals surface area contributed by atoms with Crippen LogP contribution in [0, 0.1) is 5.92 Å². The van der Waals surface area contributed by atoms with Crippen molar-refractivity contribution in [1.29, 1.82) is 0 Å². The van der Waals surface area contributed by atoms with Gasteiger partial charge in [0.15, 0.2) is 0 Å². The molecule has 0 radical (unpaired) electrons. The molecule has 1 saturated carbocycles. The van der Waals surface area contributed by atoms with Gasteiger partial charge < -0.3 is 9.80 Å². The van der Waals surface area contributed by atoms with Crippen LogP contribution in [-0.2, 0) is 16.0 Å². The van der Waals surface area contributed by atoms with Gasteiger partial charge in [0.05, 0.1) is 5.92 Å². The molecule has 1 saturated heterocycles. The van der Waals surface area contributed by atoms with Gasteiger partial charge in [0.2, 0.25) is 11.8 Å². The number of para-hydroxylation sites is 1. The molecule has 2 aliphatic rings. The average Bonchev–Trinajstić information content (AvgIpc) is 3.18. The maximum atomic E-state index is 13.1. The first-order valence-corrected chi connectivity index (χ1v) is 9.78. The minimum atomic E-state index is -0.211. The first-order chi connectivity index (χ1) is 12.2. The van der Waals surface area contributed by atoms with Crippen molar-refractivity contribution in [2.45, 2.75) is 31.7 Å². The van der Waals surface area contributed by atoms with Crippen LogP contribution in [0.25, 0.3) is 0 Å². The number of hydrogen-bond acceptors (Lipinski definition) is 3. The minimum absolute atomic E-state index is 0.0542. The molecule has 4 rings (SSSR count). The molecule has 1 unspecified atom stereocenters. The lowest BCUT2D eigenvalue weighted by atomic mass is 10.1. The highest BCUT2D eigenvalue weighted by atomic mass is 32.1. The topological polar surface area (TPSA) is 40.6 Å². The van der Waals surface area contributed by atoms with Crippen LogP contribution in [0.4, 0.5) is 5.69 Å². The summed E-state index contributed by atoms with van der Waals surface area (Å²) in [6.45, 7) is 1.27. The van der Waals surface area contributed by atoms with Crippen LogP contribution in [0.1, 0.15) is 24.1 Å². The highest BCUT2D eigenvalue weighted by Gasteiger charge is 2.41. The van der Waals surface area contributed by atoms with E-state index >= 15 is 0 Å². The van der Waals surface area contributed by atoms with E-state index in [2.05, 4.69) is 17.5 Å². The summed E-state index contributed by atoms with van der Waals surface area (Å²) in [5, 5.41) is 2.08. The molecule has 1 aliphatic heterocycles. The smallest absolute Gasteiger partial charge is 0.228 e. The molecule has 1 atom stereocenters. The second-order valence-corrected chi connectivity index (χ2v) is 7.87. The third kappa shape index (κ3) is 3.61. The Labute approximate surface area is 152 Å². The van der Waals surface area contributed by atoms with Gasteiger partial charge in [0.25, 0.3) is 0 Å². The van der Waals surface area contributed by atoms with E-state index in [1.807, 2.05) is 35.2 Å². The highest BCUT2D eigenvalue weighted by molar-refractivity contribution is 7.09. The first-order valence-electron chi connectivity index (χ1n) is 8.90. The summed E-state index contributed by atoms with van der Waals surface area (Å²) in [5.41, 5.74) is 0.888. The van der Waals surface area contributed by atoms with Crippen LogP contribution in [0.15, 0.2) is 47.8 Å². The molecule has 0 spiro atoms. The van der Waals surface area contributed by atoms with Gasteiger partial charge in [0, 0.05) is 36.1 Å². The number of benzene rings is 1. The Balaban J connectivity index is 1.43. The Bertz CT molecular complexity index is 740. The quantitative estimate of drug-likeness (QED) is 0.798. The average molecular weight is 354 g/mol. The van der Waals surface area contributed by atoms with Gasteiger partial charge in [-0.25, -0.2) is 0 Å². The van der Waals surface area contributed by atoms with Gasteiger partial charge in [-0.3, -0.25) is 9.59 Å². The van der Waals surface area contributed by atoms with Crippen LogP contribution >= 0.6 is 11.3 Å². The van der Waals surface area contributed by atoms with Crippen molar-refractivity contribution < 1.29 is 9.59 Å². The van der Waals surface area contributed by atoms with Crippen LogP contribution in [0.5, 0.6) is 0 Å². The van der Waals surface area contributed by atoms with E-state index in [1.165, 1.54) is 4.88 Å². The van der Waals surface area contributed by atoms with Crippen molar-refractivity contribution in [3.63, 3.8) is 0 Å². The van der Waals surface area contributed by atoms with E-state index in [9.17, 15) is 9.59 Å². The van der Waals surface area contributed by atoms with Crippen LogP contribution in [0.2, 0.25) is 0 Å². The molecule has 2 fully saturated rings. The standard InChI is InChI=1S/C20H22N2O2S/c23-19-13-15(14-22(19)16-5-2-1-3-6-16)20(24)21(17-8-9-17)11-10-18-7-4-12-25-18/h1-7,12,15,17H,8-11,13-14H2. The van der Waals surface area contributed by atoms with Gasteiger partial charge in [0.1, 0.15) is 0 Å². The molecule has 0 bridgehead atoms. The number of rotatable bonds is 6. The fraction of sp³-hybridized carbons (Fsp3) is 0.400. The van der Waals surface area contributed by atoms with Gasteiger partial charge in [-0.15, -0.1) is 11.3 Å². The lowest BCUT2D eigenvalue weighted by Crippen LogP contribution is -2.40. The summed E-state index contributed by atoms with van der Waals surface area (Å²) in [6, 6.07) is 14.2. The molecule has 2 heterocycles. The fourth-order valence-corrected chi connectivity index (χ4v) is 4.21. The minimum Gasteiger partial charge on any atom is -0.339 e. The summed E-state index contributed by atoms with van der Waals surface area (Å²) in [4.78, 5) is 30.6. The number of carbonyl (C=O) groups excluding carboxylic acids is 2. The molecular weight excluding hydrogens is 332 g/mol. The van der Waals surface area contributed by atoms with Crippen molar-refractivity contribution in [3.8, 4) is 0 Å². The Hall–Kier alpha value is -2.14. The Kier molecular flexibility index (Phi) is 4.57. The molecule has 4 nitrogen and oxygen atoms in total. The van der Waals surface area contributed by atoms with E-state index in [0.717, 1.165) is 31.5 Å². The molecule has 1 aliphatic carbocycles. The zero-order chi connectivity index (χ0) is 17.2. The molecule has 2 amide bonds. The normalized spacial score (nSPS) is 20.1. The van der Waals surface area contributed by atoms with Gasteiger partial charge in [-0.1, -0.05) is 24.3 Å². The first kappa shape index (κ1) is 16.3. The molecule has 0 N–H and O–H groups in total. The molecule has 1 aromatic heterocycles. The van der Waals surface area contributed by atoms with E-state index in [0.29, 0.717) is 19.0 Å². The number of hydrogen-bond donors (Lipinski definition) is 0. The second kappa shape index (κ2) is 7.00. The van der Waals surface area contributed by atoms with Crippen molar-refractivity contribution in [1.82, 2.24) is 4.90 Å². The van der Waals surface area contributed by atoms with E-state index in [-0.39, 0.29) is 17.7 Å². The SMILES string of the molecule is O=C1CC(C(=O)N(CCc2cccs2)C2CC2)CN1c1ccccc1. The summed E-state index contributed by atoms with van der Waals surface area (Å²) in [5.74, 6) is 0.000956. The number of anilines is 1. The van der Waals surface area contributed by atoms with E-state index in [4.69, 9.17) is 0 Å². The Morgan fingerprint density at radius 1 is 1.16 bits per heavy atom. The Morgan fingerprint density at radius 2 is 1.96 bits per heavy atom. The predicted molar refractivity (Wildman–Crippen MR) is 99.7 cm³/mol. The molecular formula is C20H22N2O2S. The number of nitrogens with zero attached hydrogens (tertiary/aromatic N) is 2. The number of thiophene rings is 1. The zero-order valence-electron chi connectivity index (χ0n) is 14.1. The Morgan fingerprint density at radius 3 is 2.64 bits per heavy atom. The van der Waals surface area contributed by atoms with Crippen molar-refractivity contribution in [2.75, 3.05) is 18.0 Å². The van der Waals surface area contributed by atoms with Gasteiger partial charge in [-0.2, -0.15) is 0 Å². The van der Waals surface area contributed by atoms with Crippen LogP contribution in [-0.4, -0.2) is 35.8 Å². The van der Waals surface area contributed by atoms with Crippen molar-refractivity contribution in [2.24, 2.45) is 5.92 Å². The maximum absolute atomic E-state index is 13.1. The monoisotopic (exact) mass is 354 g/mol. The van der Waals surface area contributed by atoms with Crippen molar-refractivity contribution >= 4 is 28.8 Å². The summed E-state index contributed by atoms with van der Waals surface area (Å²) in [6.07, 6.45) is 3.43. The molecule has 130 valence electrons. The van der Waals surface area contributed by atoms with E-state index < -0.39 is 0 Å². The lowest BCUT2D eigenvalue weighted by molar-refractivity contribution is -0.136.